The molecule has 0 bridgehead atoms. The molecule has 2 heterocycles. The Bertz CT molecular complexity index is 135. The maximum absolute atomic E-state index is 4.21. The Hall–Kier alpha value is -0.0200. The van der Waals surface area contributed by atoms with E-state index in [1.54, 1.807) is 0 Å². The molecule has 2 rings (SSSR count). The first-order valence-electron chi connectivity index (χ1n) is 3.31. The van der Waals surface area contributed by atoms with Gasteiger partial charge in [-0.3, -0.25) is 9.89 Å². The van der Waals surface area contributed by atoms with Crippen molar-refractivity contribution in [2.75, 3.05) is 19.0 Å². The molecule has 0 N–H and O–H groups in total. The summed E-state index contributed by atoms with van der Waals surface area (Å²) in [5.41, 5.74) is 0. The number of aliphatic imine (C=N–C) groups is 1. The third-order valence-corrected chi connectivity index (χ3v) is 3.07. The van der Waals surface area contributed by atoms with E-state index in [4.69, 9.17) is 0 Å². The maximum atomic E-state index is 4.21. The van der Waals surface area contributed by atoms with E-state index in [9.17, 15) is 0 Å². The van der Waals surface area contributed by atoms with Crippen molar-refractivity contribution in [3.05, 3.63) is 0 Å². The van der Waals surface area contributed by atoms with Crippen LogP contribution in [-0.2, 0) is 0 Å². The van der Waals surface area contributed by atoms with Gasteiger partial charge in [-0.1, -0.05) is 0 Å². The number of hydrogen-bond donors (Lipinski definition) is 0. The molecule has 0 amide bonds. The molecule has 0 saturated carbocycles. The monoisotopic (exact) mass is 142 g/mol. The van der Waals surface area contributed by atoms with Gasteiger partial charge in [0.05, 0.1) is 11.3 Å². The zero-order valence-electron chi connectivity index (χ0n) is 5.29. The summed E-state index contributed by atoms with van der Waals surface area (Å²) in [6, 6.07) is 0. The predicted molar refractivity (Wildman–Crippen MR) is 40.9 cm³/mol. The first-order valence-corrected chi connectivity index (χ1v) is 4.35. The molecule has 1 saturated heterocycles. The van der Waals surface area contributed by atoms with Crippen molar-refractivity contribution in [1.29, 1.82) is 0 Å². The molecule has 1 fully saturated rings. The van der Waals surface area contributed by atoms with Crippen LogP contribution < -0.4 is 0 Å². The van der Waals surface area contributed by atoms with Gasteiger partial charge in [-0.25, -0.2) is 0 Å². The Morgan fingerprint density at radius 3 is 3.44 bits per heavy atom. The molecule has 0 aromatic heterocycles. The number of fused-ring (bicyclic) bond motifs is 1. The zero-order chi connectivity index (χ0) is 6.10. The van der Waals surface area contributed by atoms with Gasteiger partial charge in [0.1, 0.15) is 0 Å². The molecular formula is C6H10N2S. The standard InChI is InChI=1S/C6H10N2S/c1-3-8-4-2-7-5-9-6(1)8/h2,6H,1,3-5H2. The normalized spacial score (nSPS) is 34.9. The first-order chi connectivity index (χ1) is 4.47. The summed E-state index contributed by atoms with van der Waals surface area (Å²) in [5.74, 6) is 0.973. The lowest BCUT2D eigenvalue weighted by atomic mass is 10.2. The molecule has 0 aromatic carbocycles. The highest BCUT2D eigenvalue weighted by Gasteiger charge is 2.27. The summed E-state index contributed by atoms with van der Waals surface area (Å²) in [4.78, 5) is 6.67. The molecule has 1 unspecified atom stereocenters. The number of hydrogen-bond acceptors (Lipinski definition) is 3. The Morgan fingerprint density at radius 2 is 2.67 bits per heavy atom. The molecular weight excluding hydrogens is 132 g/mol. The van der Waals surface area contributed by atoms with Gasteiger partial charge in [0.25, 0.3) is 0 Å². The third kappa shape index (κ3) is 0.990. The number of rotatable bonds is 0. The van der Waals surface area contributed by atoms with Crippen LogP contribution in [0.4, 0.5) is 0 Å². The second-order valence-electron chi connectivity index (χ2n) is 2.40. The fraction of sp³-hybridized carbons (Fsp3) is 0.833. The first kappa shape index (κ1) is 5.74. The minimum absolute atomic E-state index is 0.799. The minimum Gasteiger partial charge on any atom is -0.286 e. The Kier molecular flexibility index (Phi) is 1.47. The van der Waals surface area contributed by atoms with E-state index in [0.29, 0.717) is 0 Å². The van der Waals surface area contributed by atoms with E-state index >= 15 is 0 Å². The quantitative estimate of drug-likeness (QED) is 0.497. The highest BCUT2D eigenvalue weighted by Crippen LogP contribution is 2.28. The molecule has 50 valence electrons. The van der Waals surface area contributed by atoms with Gasteiger partial charge in [0.2, 0.25) is 0 Å². The van der Waals surface area contributed by atoms with Crippen LogP contribution in [0.2, 0.25) is 0 Å². The van der Waals surface area contributed by atoms with Crippen molar-refractivity contribution in [3.63, 3.8) is 0 Å². The fourth-order valence-electron chi connectivity index (χ4n) is 1.16. The molecule has 2 aliphatic rings. The molecule has 3 heteroatoms. The van der Waals surface area contributed by atoms with E-state index in [1.165, 1.54) is 13.0 Å². The highest BCUT2D eigenvalue weighted by molar-refractivity contribution is 7.99. The van der Waals surface area contributed by atoms with Gasteiger partial charge in [-0.2, -0.15) is 0 Å². The lowest BCUT2D eigenvalue weighted by Gasteiger charge is -2.37. The van der Waals surface area contributed by atoms with Crippen LogP contribution in [-0.4, -0.2) is 35.5 Å². The van der Waals surface area contributed by atoms with Crippen LogP contribution in [0.15, 0.2) is 4.99 Å². The predicted octanol–water partition coefficient (Wildman–Crippen LogP) is 0.793. The molecule has 0 aromatic rings. The molecule has 0 radical (unpaired) electrons. The van der Waals surface area contributed by atoms with Gasteiger partial charge < -0.3 is 0 Å². The van der Waals surface area contributed by atoms with E-state index < -0.39 is 0 Å². The van der Waals surface area contributed by atoms with Gasteiger partial charge in [0, 0.05) is 19.3 Å². The zero-order valence-corrected chi connectivity index (χ0v) is 6.10. The summed E-state index contributed by atoms with van der Waals surface area (Å²) in [7, 11) is 0. The van der Waals surface area contributed by atoms with Crippen molar-refractivity contribution in [2.24, 2.45) is 4.99 Å². The van der Waals surface area contributed by atoms with Gasteiger partial charge in [-0.05, 0) is 6.42 Å². The number of thioether (sulfide) groups is 1. The van der Waals surface area contributed by atoms with Gasteiger partial charge >= 0.3 is 0 Å². The summed E-state index contributed by atoms with van der Waals surface area (Å²) in [5, 5.41) is 0.799. The van der Waals surface area contributed by atoms with Crippen LogP contribution in [0, 0.1) is 0 Å². The summed E-state index contributed by atoms with van der Waals surface area (Å²) in [6.45, 7) is 2.36. The topological polar surface area (TPSA) is 15.6 Å². The highest BCUT2D eigenvalue weighted by atomic mass is 32.2. The molecule has 0 aliphatic carbocycles. The Morgan fingerprint density at radius 1 is 1.67 bits per heavy atom. The smallest absolute Gasteiger partial charge is 0.0856 e. The second kappa shape index (κ2) is 2.31. The van der Waals surface area contributed by atoms with Gasteiger partial charge in [-0.15, -0.1) is 11.8 Å². The van der Waals surface area contributed by atoms with Crippen LogP contribution >= 0.6 is 11.8 Å². The average molecular weight is 142 g/mol. The van der Waals surface area contributed by atoms with E-state index in [0.717, 1.165) is 17.8 Å². The fourth-order valence-corrected chi connectivity index (χ4v) is 2.20. The summed E-state index contributed by atoms with van der Waals surface area (Å²) in [6.07, 6.45) is 3.40. The molecule has 2 nitrogen and oxygen atoms in total. The summed E-state index contributed by atoms with van der Waals surface area (Å²) >= 11 is 1.96. The number of nitrogens with zero attached hydrogens (tertiary/aromatic N) is 2. The summed E-state index contributed by atoms with van der Waals surface area (Å²) < 4.78 is 0. The van der Waals surface area contributed by atoms with Crippen LogP contribution in [0.1, 0.15) is 6.42 Å². The van der Waals surface area contributed by atoms with E-state index in [-0.39, 0.29) is 0 Å². The minimum atomic E-state index is 0.799. The van der Waals surface area contributed by atoms with Gasteiger partial charge in [0.15, 0.2) is 0 Å². The molecule has 1 atom stereocenters. The lowest BCUT2D eigenvalue weighted by molar-refractivity contribution is 0.184. The van der Waals surface area contributed by atoms with Crippen molar-refractivity contribution in [1.82, 2.24) is 4.90 Å². The molecule has 9 heavy (non-hydrogen) atoms. The lowest BCUT2D eigenvalue weighted by Crippen LogP contribution is -2.45. The van der Waals surface area contributed by atoms with Crippen molar-refractivity contribution >= 4 is 18.0 Å². The van der Waals surface area contributed by atoms with E-state index in [1.807, 2.05) is 18.0 Å². The molecule has 2 aliphatic heterocycles. The van der Waals surface area contributed by atoms with Crippen LogP contribution in [0.3, 0.4) is 0 Å². The van der Waals surface area contributed by atoms with Crippen LogP contribution in [0.5, 0.6) is 0 Å². The van der Waals surface area contributed by atoms with Crippen molar-refractivity contribution in [2.45, 2.75) is 11.8 Å². The van der Waals surface area contributed by atoms with Crippen LogP contribution in [0.25, 0.3) is 0 Å². The SMILES string of the molecule is C1=NCSC2CCN2C1. The largest absolute Gasteiger partial charge is 0.286 e. The van der Waals surface area contributed by atoms with E-state index in [2.05, 4.69) is 9.89 Å². The maximum Gasteiger partial charge on any atom is 0.0856 e. The average Bonchev–Trinajstić information content (AvgIpc) is 1.94. The van der Waals surface area contributed by atoms with Crippen molar-refractivity contribution < 1.29 is 0 Å². The third-order valence-electron chi connectivity index (χ3n) is 1.86. The second-order valence-corrected chi connectivity index (χ2v) is 3.53. The Balaban J connectivity index is 1.98. The Labute approximate surface area is 59.3 Å². The van der Waals surface area contributed by atoms with Crippen molar-refractivity contribution in [3.8, 4) is 0 Å². The molecule has 0 spiro atoms.